The first-order valence-corrected chi connectivity index (χ1v) is 4.52. The Bertz CT molecular complexity index is 557. The lowest BCUT2D eigenvalue weighted by atomic mass is 10.2. The molecular formula is C11H11NO3. The fourth-order valence-electron chi connectivity index (χ4n) is 1.35. The van der Waals surface area contributed by atoms with Crippen molar-refractivity contribution in [2.45, 2.75) is 0 Å². The van der Waals surface area contributed by atoms with Crippen LogP contribution in [0.4, 0.5) is 5.88 Å². The van der Waals surface area contributed by atoms with Crippen LogP contribution in [0.5, 0.6) is 5.75 Å². The second-order valence-corrected chi connectivity index (χ2v) is 3.52. The minimum atomic E-state index is -0.157. The van der Waals surface area contributed by atoms with E-state index in [0.29, 0.717) is 16.9 Å². The molecule has 0 radical (unpaired) electrons. The first-order valence-electron chi connectivity index (χ1n) is 4.52. The van der Waals surface area contributed by atoms with E-state index in [1.165, 1.54) is 18.2 Å². The Kier molecular flexibility index (Phi) is 2.11. The molecule has 0 spiro atoms. The van der Waals surface area contributed by atoms with Gasteiger partial charge < -0.3 is 14.4 Å². The zero-order valence-electron chi connectivity index (χ0n) is 8.52. The summed E-state index contributed by atoms with van der Waals surface area (Å²) in [5.41, 5.74) is 0.319. The van der Waals surface area contributed by atoms with Crippen molar-refractivity contribution in [3.05, 3.63) is 34.5 Å². The molecule has 0 amide bonds. The molecule has 4 nitrogen and oxygen atoms in total. The second kappa shape index (κ2) is 3.31. The second-order valence-electron chi connectivity index (χ2n) is 3.52. The number of hydrogen-bond acceptors (Lipinski definition) is 4. The smallest absolute Gasteiger partial charge is 0.199 e. The number of anilines is 1. The molecular weight excluding hydrogens is 194 g/mol. The Morgan fingerprint density at radius 3 is 2.67 bits per heavy atom. The van der Waals surface area contributed by atoms with Gasteiger partial charge in [-0.15, -0.1) is 0 Å². The molecule has 0 atom stereocenters. The number of fused-ring (bicyclic) bond motifs is 1. The van der Waals surface area contributed by atoms with Crippen molar-refractivity contribution in [2.24, 2.45) is 0 Å². The quantitative estimate of drug-likeness (QED) is 0.767. The maximum absolute atomic E-state index is 11.7. The lowest BCUT2D eigenvalue weighted by molar-refractivity contribution is 0.475. The SMILES string of the molecule is CN(C)c1cc(=O)c2cc(O)ccc2o1. The van der Waals surface area contributed by atoms with Crippen molar-refractivity contribution in [2.75, 3.05) is 19.0 Å². The summed E-state index contributed by atoms with van der Waals surface area (Å²) in [6, 6.07) is 5.88. The van der Waals surface area contributed by atoms with Gasteiger partial charge in [-0.25, -0.2) is 0 Å². The largest absolute Gasteiger partial charge is 0.508 e. The fourth-order valence-corrected chi connectivity index (χ4v) is 1.35. The van der Waals surface area contributed by atoms with Gasteiger partial charge in [-0.1, -0.05) is 0 Å². The molecule has 0 aliphatic rings. The third-order valence-corrected chi connectivity index (χ3v) is 2.14. The molecule has 1 aromatic carbocycles. The average molecular weight is 205 g/mol. The van der Waals surface area contributed by atoms with Gasteiger partial charge in [0, 0.05) is 20.2 Å². The molecule has 0 saturated heterocycles. The fraction of sp³-hybridized carbons (Fsp3) is 0.182. The van der Waals surface area contributed by atoms with Gasteiger partial charge in [-0.05, 0) is 18.2 Å². The molecule has 0 unspecified atom stereocenters. The van der Waals surface area contributed by atoms with Crippen LogP contribution in [0.2, 0.25) is 0 Å². The molecule has 1 heterocycles. The number of rotatable bonds is 1. The average Bonchev–Trinajstić information content (AvgIpc) is 2.18. The van der Waals surface area contributed by atoms with Crippen molar-refractivity contribution in [3.63, 3.8) is 0 Å². The molecule has 0 fully saturated rings. The lowest BCUT2D eigenvalue weighted by Crippen LogP contribution is -2.12. The highest BCUT2D eigenvalue weighted by Crippen LogP contribution is 2.20. The standard InChI is InChI=1S/C11H11NO3/c1-12(2)11-6-9(14)8-5-7(13)3-4-10(8)15-11/h3-6,13H,1-2H3. The summed E-state index contributed by atoms with van der Waals surface area (Å²) in [6.45, 7) is 0. The summed E-state index contributed by atoms with van der Waals surface area (Å²) in [7, 11) is 3.59. The number of phenolic OH excluding ortho intramolecular Hbond substituents is 1. The summed E-state index contributed by atoms with van der Waals surface area (Å²) < 4.78 is 5.47. The molecule has 0 bridgehead atoms. The first-order chi connectivity index (χ1) is 7.08. The van der Waals surface area contributed by atoms with E-state index in [2.05, 4.69) is 0 Å². The monoisotopic (exact) mass is 205 g/mol. The van der Waals surface area contributed by atoms with E-state index in [4.69, 9.17) is 4.42 Å². The first kappa shape index (κ1) is 9.58. The highest BCUT2D eigenvalue weighted by molar-refractivity contribution is 5.79. The van der Waals surface area contributed by atoms with E-state index >= 15 is 0 Å². The van der Waals surface area contributed by atoms with Crippen molar-refractivity contribution in [1.29, 1.82) is 0 Å². The third kappa shape index (κ3) is 1.66. The van der Waals surface area contributed by atoms with E-state index in [-0.39, 0.29) is 11.2 Å². The number of phenols is 1. The van der Waals surface area contributed by atoms with E-state index < -0.39 is 0 Å². The Labute approximate surface area is 86.4 Å². The van der Waals surface area contributed by atoms with Gasteiger partial charge in [0.05, 0.1) is 5.39 Å². The van der Waals surface area contributed by atoms with Crippen LogP contribution in [0.15, 0.2) is 33.5 Å². The molecule has 2 aromatic rings. The van der Waals surface area contributed by atoms with Crippen LogP contribution in [-0.2, 0) is 0 Å². The zero-order valence-corrected chi connectivity index (χ0v) is 8.52. The molecule has 0 aliphatic carbocycles. The number of aromatic hydroxyl groups is 1. The summed E-state index contributed by atoms with van der Waals surface area (Å²) in [5, 5.41) is 9.63. The van der Waals surface area contributed by atoms with Crippen molar-refractivity contribution in [1.82, 2.24) is 0 Å². The molecule has 2 rings (SSSR count). The van der Waals surface area contributed by atoms with Crippen LogP contribution >= 0.6 is 0 Å². The molecule has 0 saturated carbocycles. The Morgan fingerprint density at radius 1 is 1.27 bits per heavy atom. The van der Waals surface area contributed by atoms with Crippen molar-refractivity contribution in [3.8, 4) is 5.75 Å². The molecule has 15 heavy (non-hydrogen) atoms. The van der Waals surface area contributed by atoms with Gasteiger partial charge in [0.15, 0.2) is 11.3 Å². The van der Waals surface area contributed by atoms with Crippen LogP contribution in [0.3, 0.4) is 0 Å². The van der Waals surface area contributed by atoms with Gasteiger partial charge in [0.25, 0.3) is 0 Å². The van der Waals surface area contributed by atoms with Gasteiger partial charge in [0.2, 0.25) is 0 Å². The van der Waals surface area contributed by atoms with E-state index in [1.807, 2.05) is 0 Å². The Balaban J connectivity index is 2.79. The molecule has 78 valence electrons. The van der Waals surface area contributed by atoms with Crippen LogP contribution in [0.25, 0.3) is 11.0 Å². The topological polar surface area (TPSA) is 53.7 Å². The summed E-state index contributed by atoms with van der Waals surface area (Å²) in [4.78, 5) is 13.4. The number of hydrogen-bond donors (Lipinski definition) is 1. The van der Waals surface area contributed by atoms with Crippen molar-refractivity contribution < 1.29 is 9.52 Å². The molecule has 1 N–H and O–H groups in total. The van der Waals surface area contributed by atoms with Gasteiger partial charge in [0.1, 0.15) is 11.3 Å². The summed E-state index contributed by atoms with van der Waals surface area (Å²) in [5.74, 6) is 0.561. The number of benzene rings is 1. The van der Waals surface area contributed by atoms with Crippen LogP contribution in [0.1, 0.15) is 0 Å². The van der Waals surface area contributed by atoms with E-state index in [9.17, 15) is 9.90 Å². The minimum Gasteiger partial charge on any atom is -0.508 e. The van der Waals surface area contributed by atoms with Crippen LogP contribution in [-0.4, -0.2) is 19.2 Å². The third-order valence-electron chi connectivity index (χ3n) is 2.14. The Morgan fingerprint density at radius 2 is 2.00 bits per heavy atom. The minimum absolute atomic E-state index is 0.0624. The van der Waals surface area contributed by atoms with Crippen LogP contribution < -0.4 is 10.3 Å². The summed E-state index contributed by atoms with van der Waals surface area (Å²) in [6.07, 6.45) is 0. The van der Waals surface area contributed by atoms with E-state index in [1.54, 1.807) is 25.1 Å². The maximum atomic E-state index is 11.7. The lowest BCUT2D eigenvalue weighted by Gasteiger charge is -2.10. The zero-order chi connectivity index (χ0) is 11.0. The highest BCUT2D eigenvalue weighted by atomic mass is 16.4. The highest BCUT2D eigenvalue weighted by Gasteiger charge is 2.06. The molecule has 4 heteroatoms. The van der Waals surface area contributed by atoms with Gasteiger partial charge in [-0.2, -0.15) is 0 Å². The van der Waals surface area contributed by atoms with Crippen LogP contribution in [0, 0.1) is 0 Å². The van der Waals surface area contributed by atoms with Crippen molar-refractivity contribution >= 4 is 16.9 Å². The molecule has 1 aromatic heterocycles. The maximum Gasteiger partial charge on any atom is 0.199 e. The van der Waals surface area contributed by atoms with Gasteiger partial charge in [-0.3, -0.25) is 4.79 Å². The normalized spacial score (nSPS) is 10.5. The molecule has 0 aliphatic heterocycles. The van der Waals surface area contributed by atoms with E-state index in [0.717, 1.165) is 0 Å². The summed E-state index contributed by atoms with van der Waals surface area (Å²) >= 11 is 0. The Hall–Kier alpha value is -1.97. The van der Waals surface area contributed by atoms with Gasteiger partial charge >= 0.3 is 0 Å². The predicted octanol–water partition coefficient (Wildman–Crippen LogP) is 1.56. The number of nitrogens with zero attached hydrogens (tertiary/aromatic N) is 1. The predicted molar refractivity (Wildman–Crippen MR) is 58.5 cm³/mol.